The smallest absolute Gasteiger partial charge is 0.387 e. The van der Waals surface area contributed by atoms with Crippen LogP contribution in [0.15, 0.2) is 53.4 Å². The fraction of sp³-hybridized carbons (Fsp3) is 0.200. The molecule has 1 aliphatic rings. The van der Waals surface area contributed by atoms with Gasteiger partial charge in [-0.2, -0.15) is 13.1 Å². The van der Waals surface area contributed by atoms with Gasteiger partial charge in [0.1, 0.15) is 12.0 Å². The van der Waals surface area contributed by atoms with Gasteiger partial charge in [0, 0.05) is 12.1 Å². The van der Waals surface area contributed by atoms with Crippen molar-refractivity contribution in [3.05, 3.63) is 59.7 Å². The summed E-state index contributed by atoms with van der Waals surface area (Å²) < 4.78 is 54.3. The largest absolute Gasteiger partial charge is 0.435 e. The third kappa shape index (κ3) is 2.92. The molecule has 5 nitrogen and oxygen atoms in total. The molecule has 1 aliphatic heterocycles. The van der Waals surface area contributed by atoms with Gasteiger partial charge in [-0.05, 0) is 23.8 Å². The van der Waals surface area contributed by atoms with Gasteiger partial charge in [-0.1, -0.05) is 30.3 Å². The molecule has 0 spiro atoms. The Morgan fingerprint density at radius 1 is 1.13 bits per heavy atom. The van der Waals surface area contributed by atoms with Crippen LogP contribution in [0.1, 0.15) is 17.4 Å². The molecule has 2 aromatic rings. The first-order chi connectivity index (χ1) is 10.9. The highest BCUT2D eigenvalue weighted by molar-refractivity contribution is 7.89. The van der Waals surface area contributed by atoms with Crippen molar-refractivity contribution in [1.82, 2.24) is 4.31 Å². The van der Waals surface area contributed by atoms with Crippen molar-refractivity contribution in [2.45, 2.75) is 24.3 Å². The van der Waals surface area contributed by atoms with Gasteiger partial charge in [-0.3, -0.25) is 0 Å². The molecule has 0 saturated carbocycles. The Labute approximate surface area is 131 Å². The highest BCUT2D eigenvalue weighted by Gasteiger charge is 2.41. The van der Waals surface area contributed by atoms with Gasteiger partial charge >= 0.3 is 6.61 Å². The van der Waals surface area contributed by atoms with E-state index in [1.165, 1.54) is 30.3 Å². The lowest BCUT2D eigenvalue weighted by Gasteiger charge is -2.19. The first kappa shape index (κ1) is 15.9. The number of halogens is 2. The van der Waals surface area contributed by atoms with Crippen molar-refractivity contribution in [3.63, 3.8) is 0 Å². The number of alkyl halides is 2. The fourth-order valence-corrected chi connectivity index (χ4v) is 4.14. The number of ether oxygens (including phenoxy) is 1. The molecule has 0 amide bonds. The average molecular weight is 341 g/mol. The molecule has 1 atom stereocenters. The number of aliphatic hydroxyl groups is 1. The highest BCUT2D eigenvalue weighted by Crippen LogP contribution is 2.38. The van der Waals surface area contributed by atoms with E-state index in [1.54, 1.807) is 18.2 Å². The second-order valence-corrected chi connectivity index (χ2v) is 6.84. The number of hydrogen-bond donors (Lipinski definition) is 1. The predicted molar refractivity (Wildman–Crippen MR) is 77.2 cm³/mol. The summed E-state index contributed by atoms with van der Waals surface area (Å²) in [5, 5.41) is 10.2. The van der Waals surface area contributed by atoms with Crippen molar-refractivity contribution < 1.29 is 27.0 Å². The first-order valence-corrected chi connectivity index (χ1v) is 8.16. The lowest BCUT2D eigenvalue weighted by atomic mass is 10.2. The molecule has 2 aromatic carbocycles. The molecule has 0 fully saturated rings. The van der Waals surface area contributed by atoms with Crippen LogP contribution in [-0.2, 0) is 16.6 Å². The van der Waals surface area contributed by atoms with Crippen LogP contribution in [0.4, 0.5) is 8.78 Å². The lowest BCUT2D eigenvalue weighted by molar-refractivity contribution is -0.0498. The van der Waals surface area contributed by atoms with E-state index in [9.17, 15) is 22.3 Å². The van der Waals surface area contributed by atoms with Gasteiger partial charge in [0.2, 0.25) is 10.0 Å². The number of sulfonamides is 1. The zero-order valence-corrected chi connectivity index (χ0v) is 12.6. The second kappa shape index (κ2) is 5.88. The topological polar surface area (TPSA) is 66.8 Å². The Kier molecular flexibility index (Phi) is 4.05. The summed E-state index contributed by atoms with van der Waals surface area (Å²) in [6.45, 7) is -3.00. The van der Waals surface area contributed by atoms with Gasteiger partial charge < -0.3 is 9.84 Å². The molecule has 0 saturated heterocycles. The minimum atomic E-state index is -3.79. The normalized spacial score (nSPS) is 19.7. The highest BCUT2D eigenvalue weighted by atomic mass is 32.2. The minimum absolute atomic E-state index is 0.0168. The van der Waals surface area contributed by atoms with Crippen molar-refractivity contribution in [2.75, 3.05) is 0 Å². The Bertz CT molecular complexity index is 808. The molecule has 0 bridgehead atoms. The molecule has 3 rings (SSSR count). The van der Waals surface area contributed by atoms with Crippen LogP contribution < -0.4 is 4.74 Å². The maximum atomic E-state index is 12.5. The molecule has 0 radical (unpaired) electrons. The zero-order chi connectivity index (χ0) is 16.6. The van der Waals surface area contributed by atoms with Gasteiger partial charge in [-0.25, -0.2) is 8.42 Å². The van der Waals surface area contributed by atoms with Crippen molar-refractivity contribution in [3.8, 4) is 5.75 Å². The Morgan fingerprint density at radius 3 is 2.39 bits per heavy atom. The first-order valence-electron chi connectivity index (χ1n) is 6.72. The molecule has 8 heteroatoms. The summed E-state index contributed by atoms with van der Waals surface area (Å²) in [6.07, 6.45) is -1.27. The monoisotopic (exact) mass is 341 g/mol. The molecular formula is C15H13F2NO4S. The van der Waals surface area contributed by atoms with Crippen LogP contribution in [0.2, 0.25) is 0 Å². The van der Waals surface area contributed by atoms with Gasteiger partial charge in [0.25, 0.3) is 0 Å². The van der Waals surface area contributed by atoms with E-state index in [4.69, 9.17) is 0 Å². The lowest BCUT2D eigenvalue weighted by Crippen LogP contribution is -2.27. The predicted octanol–water partition coefficient (Wildman–Crippen LogP) is 2.48. The van der Waals surface area contributed by atoms with E-state index in [0.29, 0.717) is 11.1 Å². The Hall–Kier alpha value is -2.03. The third-order valence-corrected chi connectivity index (χ3v) is 5.42. The van der Waals surface area contributed by atoms with E-state index in [1.807, 2.05) is 0 Å². The maximum absolute atomic E-state index is 12.5. The standard InChI is InChI=1S/C15H13F2NO4S/c16-15(17)22-11-7-5-10(6-8-11)9-18-14(19)12-3-1-2-4-13(12)23(18,20)21/h1-8,14-15,19H,9H2. The van der Waals surface area contributed by atoms with Gasteiger partial charge in [0.15, 0.2) is 0 Å². The summed E-state index contributed by atoms with van der Waals surface area (Å²) in [4.78, 5) is 0.0742. The van der Waals surface area contributed by atoms with Crippen molar-refractivity contribution in [1.29, 1.82) is 0 Å². The quantitative estimate of drug-likeness (QED) is 0.928. The molecule has 1 unspecified atom stereocenters. The van der Waals surface area contributed by atoms with E-state index >= 15 is 0 Å². The SMILES string of the molecule is O=S1(=O)c2ccccc2C(O)N1Cc1ccc(OC(F)F)cc1. The molecule has 1 heterocycles. The van der Waals surface area contributed by atoms with E-state index < -0.39 is 22.9 Å². The number of fused-ring (bicyclic) bond motifs is 1. The third-order valence-electron chi connectivity index (χ3n) is 3.54. The maximum Gasteiger partial charge on any atom is 0.387 e. The molecule has 1 N–H and O–H groups in total. The summed E-state index contributed by atoms with van der Waals surface area (Å²) in [7, 11) is -3.79. The summed E-state index contributed by atoms with van der Waals surface area (Å²) in [5.74, 6) is -0.0168. The number of hydrogen-bond acceptors (Lipinski definition) is 4. The molecular weight excluding hydrogens is 328 g/mol. The van der Waals surface area contributed by atoms with Gasteiger partial charge in [0.05, 0.1) is 4.90 Å². The van der Waals surface area contributed by atoms with Crippen LogP contribution >= 0.6 is 0 Å². The van der Waals surface area contributed by atoms with E-state index in [-0.39, 0.29) is 17.2 Å². The summed E-state index contributed by atoms with van der Waals surface area (Å²) in [5.41, 5.74) is 0.868. The summed E-state index contributed by atoms with van der Waals surface area (Å²) in [6, 6.07) is 11.8. The summed E-state index contributed by atoms with van der Waals surface area (Å²) >= 11 is 0. The van der Waals surface area contributed by atoms with E-state index in [0.717, 1.165) is 4.31 Å². The van der Waals surface area contributed by atoms with Gasteiger partial charge in [-0.15, -0.1) is 0 Å². The fourth-order valence-electron chi connectivity index (χ4n) is 2.47. The minimum Gasteiger partial charge on any atom is -0.435 e. The van der Waals surface area contributed by atoms with Crippen molar-refractivity contribution in [2.24, 2.45) is 0 Å². The second-order valence-electron chi connectivity index (χ2n) is 4.98. The number of nitrogens with zero attached hydrogens (tertiary/aromatic N) is 1. The van der Waals surface area contributed by atoms with Crippen molar-refractivity contribution >= 4 is 10.0 Å². The Morgan fingerprint density at radius 2 is 1.78 bits per heavy atom. The van der Waals surface area contributed by atoms with Crippen LogP contribution in [-0.4, -0.2) is 24.4 Å². The average Bonchev–Trinajstić information content (AvgIpc) is 2.70. The van der Waals surface area contributed by atoms with Crippen LogP contribution in [0.3, 0.4) is 0 Å². The van der Waals surface area contributed by atoms with Crippen LogP contribution in [0.25, 0.3) is 0 Å². The molecule has 23 heavy (non-hydrogen) atoms. The van der Waals surface area contributed by atoms with E-state index in [2.05, 4.69) is 4.74 Å². The van der Waals surface area contributed by atoms with Crippen LogP contribution in [0, 0.1) is 0 Å². The number of aliphatic hydroxyl groups excluding tert-OH is 1. The van der Waals surface area contributed by atoms with Crippen LogP contribution in [0.5, 0.6) is 5.75 Å². The number of rotatable bonds is 4. The Balaban J connectivity index is 1.84. The molecule has 0 aromatic heterocycles. The zero-order valence-electron chi connectivity index (χ0n) is 11.8. The molecule has 0 aliphatic carbocycles. The molecule has 122 valence electrons. The number of benzene rings is 2.